The van der Waals surface area contributed by atoms with Crippen molar-refractivity contribution in [2.24, 2.45) is 22.6 Å². The predicted molar refractivity (Wildman–Crippen MR) is 144 cm³/mol. The highest BCUT2D eigenvalue weighted by molar-refractivity contribution is 6.35. The van der Waals surface area contributed by atoms with E-state index in [0.717, 1.165) is 42.4 Å². The van der Waals surface area contributed by atoms with Gasteiger partial charge in [-0.3, -0.25) is 9.69 Å². The number of likely N-dealkylation sites (N-methyl/N-ethyl adjacent to an activating group) is 1. The molecule has 2 fully saturated rings. The molecule has 2 aliphatic carbocycles. The number of nitrogens with zero attached hydrogens (tertiary/aromatic N) is 3. The number of amides is 1. The summed E-state index contributed by atoms with van der Waals surface area (Å²) in [6, 6.07) is 9.71. The molecular weight excluding hydrogens is 458 g/mol. The average molecular weight is 496 g/mol. The highest BCUT2D eigenvalue weighted by atomic mass is 35.5. The number of rotatable bonds is 7. The Hall–Kier alpha value is -2.34. The Kier molecular flexibility index (Phi) is 7.19. The molecule has 35 heavy (non-hydrogen) atoms. The molecule has 1 aliphatic heterocycles. The van der Waals surface area contributed by atoms with E-state index in [9.17, 15) is 4.79 Å². The standard InChI is InChI=1S/C28H38ClN5O/c1-34-26(35)28(33-27(34)30,18-17-19-9-4-2-5-10-19)25(21-11-6-3-7-12-21)32-23-16-15-20-13-8-14-22(29)24(20)31-23/h8,13-16,19,21,25H,2-7,9-12,17-18H2,1H3,(H2,30,33)(H,31,32)/t25?,28-/m0/s1. The normalized spacial score (nSPS) is 25.1. The quantitative estimate of drug-likeness (QED) is 0.483. The second kappa shape index (κ2) is 10.3. The first-order chi connectivity index (χ1) is 17.0. The SMILES string of the molecule is CN1C(=O)[C@](CCC2CCCCC2)(C(Nc2ccc3cccc(Cl)c3n2)C2CCCCC2)N=C1N. The van der Waals surface area contributed by atoms with Crippen molar-refractivity contribution >= 4 is 40.2 Å². The van der Waals surface area contributed by atoms with Crippen LogP contribution in [0.4, 0.5) is 5.82 Å². The number of nitrogens with one attached hydrogen (secondary N) is 1. The molecule has 0 radical (unpaired) electrons. The maximum absolute atomic E-state index is 13.9. The Morgan fingerprint density at radius 3 is 2.49 bits per heavy atom. The molecule has 2 aromatic rings. The van der Waals surface area contributed by atoms with E-state index in [1.807, 2.05) is 30.3 Å². The Morgan fingerprint density at radius 2 is 1.80 bits per heavy atom. The molecular formula is C28H38ClN5O. The average Bonchev–Trinajstić information content (AvgIpc) is 3.11. The van der Waals surface area contributed by atoms with E-state index in [-0.39, 0.29) is 11.9 Å². The van der Waals surface area contributed by atoms with Gasteiger partial charge in [0.25, 0.3) is 5.91 Å². The van der Waals surface area contributed by atoms with Gasteiger partial charge < -0.3 is 11.1 Å². The number of hydrogen-bond donors (Lipinski definition) is 2. The third-order valence-electron chi connectivity index (χ3n) is 8.60. The van der Waals surface area contributed by atoms with Crippen LogP contribution in [0.25, 0.3) is 10.9 Å². The van der Waals surface area contributed by atoms with E-state index in [1.165, 1.54) is 51.4 Å². The van der Waals surface area contributed by atoms with Crippen LogP contribution in [0.3, 0.4) is 0 Å². The van der Waals surface area contributed by atoms with Crippen LogP contribution < -0.4 is 11.1 Å². The summed E-state index contributed by atoms with van der Waals surface area (Å²) in [5.41, 5.74) is 6.18. The molecule has 2 atom stereocenters. The lowest BCUT2D eigenvalue weighted by Crippen LogP contribution is -2.56. The van der Waals surface area contributed by atoms with Crippen molar-refractivity contribution in [2.75, 3.05) is 12.4 Å². The number of carbonyl (C=O) groups excluding carboxylic acids is 1. The maximum Gasteiger partial charge on any atom is 0.259 e. The minimum atomic E-state index is -0.893. The number of guanidine groups is 1. The zero-order valence-corrected chi connectivity index (χ0v) is 21.6. The molecule has 3 N–H and O–H groups in total. The Bertz CT molecular complexity index is 1090. The monoisotopic (exact) mass is 495 g/mol. The number of fused-ring (bicyclic) bond motifs is 1. The van der Waals surface area contributed by atoms with E-state index in [2.05, 4.69) is 5.32 Å². The van der Waals surface area contributed by atoms with Crippen LogP contribution in [0.1, 0.15) is 77.0 Å². The van der Waals surface area contributed by atoms with Crippen molar-refractivity contribution in [3.05, 3.63) is 35.4 Å². The zero-order chi connectivity index (χ0) is 24.4. The van der Waals surface area contributed by atoms with Crippen LogP contribution in [0.15, 0.2) is 35.3 Å². The first-order valence-corrected chi connectivity index (χ1v) is 13.8. The van der Waals surface area contributed by atoms with Gasteiger partial charge in [-0.1, -0.05) is 75.1 Å². The van der Waals surface area contributed by atoms with E-state index in [4.69, 9.17) is 27.3 Å². The number of pyridine rings is 1. The number of halogens is 1. The van der Waals surface area contributed by atoms with Gasteiger partial charge in [0.2, 0.25) is 0 Å². The van der Waals surface area contributed by atoms with Gasteiger partial charge in [0, 0.05) is 12.4 Å². The summed E-state index contributed by atoms with van der Waals surface area (Å²) in [6.45, 7) is 0. The molecule has 1 amide bonds. The van der Waals surface area contributed by atoms with E-state index < -0.39 is 5.54 Å². The van der Waals surface area contributed by atoms with Crippen LogP contribution in [0.5, 0.6) is 0 Å². The second-order valence-corrected chi connectivity index (χ2v) is 11.2. The summed E-state index contributed by atoms with van der Waals surface area (Å²) < 4.78 is 0. The molecule has 188 valence electrons. The minimum absolute atomic E-state index is 0.0210. The van der Waals surface area contributed by atoms with E-state index in [0.29, 0.717) is 22.8 Å². The van der Waals surface area contributed by atoms with Gasteiger partial charge >= 0.3 is 0 Å². The predicted octanol–water partition coefficient (Wildman–Crippen LogP) is 6.14. The fourth-order valence-electron chi connectivity index (χ4n) is 6.59. The van der Waals surface area contributed by atoms with Gasteiger partial charge in [-0.2, -0.15) is 0 Å². The van der Waals surface area contributed by atoms with Gasteiger partial charge in [-0.15, -0.1) is 0 Å². The largest absolute Gasteiger partial charge is 0.369 e. The topological polar surface area (TPSA) is 83.6 Å². The number of para-hydroxylation sites is 1. The number of anilines is 1. The number of nitrogens with two attached hydrogens (primary N) is 1. The minimum Gasteiger partial charge on any atom is -0.369 e. The lowest BCUT2D eigenvalue weighted by molar-refractivity contribution is -0.131. The van der Waals surface area contributed by atoms with Gasteiger partial charge in [0.05, 0.1) is 16.6 Å². The number of aliphatic imine (C=N–C) groups is 1. The van der Waals surface area contributed by atoms with Gasteiger partial charge in [-0.05, 0) is 55.7 Å². The molecule has 5 rings (SSSR count). The van der Waals surface area contributed by atoms with Crippen molar-refractivity contribution in [3.63, 3.8) is 0 Å². The molecule has 0 spiro atoms. The van der Waals surface area contributed by atoms with Crippen LogP contribution in [0.2, 0.25) is 5.02 Å². The molecule has 1 aromatic carbocycles. The summed E-state index contributed by atoms with van der Waals surface area (Å²) >= 11 is 6.48. The van der Waals surface area contributed by atoms with Crippen LogP contribution >= 0.6 is 11.6 Å². The summed E-state index contributed by atoms with van der Waals surface area (Å²) in [5.74, 6) is 2.10. The Balaban J connectivity index is 1.51. The zero-order valence-electron chi connectivity index (χ0n) is 20.8. The molecule has 6 nitrogen and oxygen atoms in total. The molecule has 2 saturated carbocycles. The molecule has 1 aromatic heterocycles. The molecule has 3 aliphatic rings. The number of benzene rings is 1. The van der Waals surface area contributed by atoms with E-state index in [1.54, 1.807) is 11.9 Å². The van der Waals surface area contributed by atoms with Crippen molar-refractivity contribution < 1.29 is 4.79 Å². The fraction of sp³-hybridized carbons (Fsp3) is 0.607. The fourth-order valence-corrected chi connectivity index (χ4v) is 6.81. The van der Waals surface area contributed by atoms with Crippen molar-refractivity contribution in [3.8, 4) is 0 Å². The van der Waals surface area contributed by atoms with Crippen molar-refractivity contribution in [1.29, 1.82) is 0 Å². The lowest BCUT2D eigenvalue weighted by atomic mass is 9.71. The molecule has 0 bridgehead atoms. The van der Waals surface area contributed by atoms with Gasteiger partial charge in [-0.25, -0.2) is 9.98 Å². The Morgan fingerprint density at radius 1 is 1.09 bits per heavy atom. The van der Waals surface area contributed by atoms with Crippen LogP contribution in [-0.2, 0) is 4.79 Å². The van der Waals surface area contributed by atoms with Crippen LogP contribution in [-0.4, -0.2) is 40.4 Å². The molecule has 1 unspecified atom stereocenters. The smallest absolute Gasteiger partial charge is 0.259 e. The maximum atomic E-state index is 13.9. The van der Waals surface area contributed by atoms with Crippen LogP contribution in [0, 0.1) is 11.8 Å². The third kappa shape index (κ3) is 4.87. The van der Waals surface area contributed by atoms with Gasteiger partial charge in [0.15, 0.2) is 11.5 Å². The number of aromatic nitrogens is 1. The molecule has 0 saturated heterocycles. The third-order valence-corrected chi connectivity index (χ3v) is 8.91. The van der Waals surface area contributed by atoms with Crippen molar-refractivity contribution in [2.45, 2.75) is 88.6 Å². The van der Waals surface area contributed by atoms with Crippen molar-refractivity contribution in [1.82, 2.24) is 9.88 Å². The number of hydrogen-bond acceptors (Lipinski definition) is 5. The summed E-state index contributed by atoms with van der Waals surface area (Å²) in [4.78, 5) is 25.3. The summed E-state index contributed by atoms with van der Waals surface area (Å²) in [5, 5.41) is 5.36. The number of carbonyl (C=O) groups is 1. The van der Waals surface area contributed by atoms with Gasteiger partial charge in [0.1, 0.15) is 5.82 Å². The second-order valence-electron chi connectivity index (χ2n) is 10.8. The lowest BCUT2D eigenvalue weighted by Gasteiger charge is -2.41. The Labute approximate surface area is 213 Å². The molecule has 7 heteroatoms. The molecule has 2 heterocycles. The highest BCUT2D eigenvalue weighted by Gasteiger charge is 2.54. The van der Waals surface area contributed by atoms with E-state index >= 15 is 0 Å². The summed E-state index contributed by atoms with van der Waals surface area (Å²) in [6.07, 6.45) is 14.0. The first-order valence-electron chi connectivity index (χ1n) is 13.4. The first kappa shape index (κ1) is 24.4. The summed E-state index contributed by atoms with van der Waals surface area (Å²) in [7, 11) is 1.76. The highest BCUT2D eigenvalue weighted by Crippen LogP contribution is 2.42.